The maximum atomic E-state index is 13.6. The van der Waals surface area contributed by atoms with Gasteiger partial charge in [0, 0.05) is 24.6 Å². The smallest absolute Gasteiger partial charge is 0.253 e. The summed E-state index contributed by atoms with van der Waals surface area (Å²) in [6, 6.07) is 4.25. The molecular weight excluding hydrogens is 279 g/mol. The fourth-order valence-corrected chi connectivity index (χ4v) is 2.58. The van der Waals surface area contributed by atoms with Gasteiger partial charge < -0.3 is 15.4 Å². The summed E-state index contributed by atoms with van der Waals surface area (Å²) in [4.78, 5) is 14.5. The number of ether oxygens (including phenoxy) is 1. The Balaban J connectivity index is 2.05. The number of nitrogens with zero attached hydrogens (tertiary/aromatic N) is 1. The first kappa shape index (κ1) is 14.7. The van der Waals surface area contributed by atoms with E-state index >= 15 is 0 Å². The molecule has 0 atom stereocenters. The minimum atomic E-state index is -0.531. The van der Waals surface area contributed by atoms with Gasteiger partial charge in [0.05, 0.1) is 12.1 Å². The number of likely N-dealkylation sites (tertiary alicyclic amines) is 1. The van der Waals surface area contributed by atoms with Crippen LogP contribution in [0.3, 0.4) is 0 Å². The third kappa shape index (κ3) is 3.07. The van der Waals surface area contributed by atoms with Crippen molar-refractivity contribution in [2.75, 3.05) is 20.2 Å². The summed E-state index contributed by atoms with van der Waals surface area (Å²) in [5.41, 5.74) is 5.95. The van der Waals surface area contributed by atoms with Gasteiger partial charge in [-0.05, 0) is 31.0 Å². The third-order valence-corrected chi connectivity index (χ3v) is 3.92. The lowest BCUT2D eigenvalue weighted by molar-refractivity contribution is 0.0710. The molecule has 2 N–H and O–H groups in total. The van der Waals surface area contributed by atoms with Crippen molar-refractivity contribution in [3.8, 4) is 5.75 Å². The summed E-state index contributed by atoms with van der Waals surface area (Å²) in [7, 11) is 1.39. The van der Waals surface area contributed by atoms with Crippen LogP contribution in [0.5, 0.6) is 5.75 Å². The van der Waals surface area contributed by atoms with Crippen LogP contribution < -0.4 is 10.5 Å². The first-order valence-corrected chi connectivity index (χ1v) is 6.86. The lowest BCUT2D eigenvalue weighted by Crippen LogP contribution is -2.41. The van der Waals surface area contributed by atoms with E-state index in [1.165, 1.54) is 19.2 Å². The summed E-state index contributed by atoms with van der Waals surface area (Å²) in [6.45, 7) is 1.18. The van der Waals surface area contributed by atoms with Gasteiger partial charge in [0.25, 0.3) is 5.91 Å². The summed E-state index contributed by atoms with van der Waals surface area (Å²) in [6.07, 6.45) is 1.53. The zero-order chi connectivity index (χ0) is 14.7. The fourth-order valence-electron chi connectivity index (χ4n) is 2.35. The standard InChI is InChI=1S/C14H17FN2O2S/c1-19-12-3-2-10(8-11(12)15)14(18)17-6-4-9(5-7-17)13(16)20/h2-3,8-9H,4-7H2,1H3,(H2,16,20). The van der Waals surface area contributed by atoms with Crippen molar-refractivity contribution in [3.05, 3.63) is 29.6 Å². The van der Waals surface area contributed by atoms with Gasteiger partial charge in [-0.2, -0.15) is 0 Å². The van der Waals surface area contributed by atoms with E-state index in [-0.39, 0.29) is 17.6 Å². The number of hydrogen-bond acceptors (Lipinski definition) is 3. The number of carbonyl (C=O) groups is 1. The SMILES string of the molecule is COc1ccc(C(=O)N2CCC(C(N)=S)CC2)cc1F. The summed E-state index contributed by atoms with van der Waals surface area (Å²) < 4.78 is 18.5. The van der Waals surface area contributed by atoms with E-state index in [1.807, 2.05) is 0 Å². The number of carbonyl (C=O) groups excluding carboxylic acids is 1. The number of hydrogen-bond donors (Lipinski definition) is 1. The lowest BCUT2D eigenvalue weighted by Gasteiger charge is -2.31. The average Bonchev–Trinajstić information content (AvgIpc) is 2.46. The van der Waals surface area contributed by atoms with E-state index in [2.05, 4.69) is 0 Å². The molecule has 0 bridgehead atoms. The van der Waals surface area contributed by atoms with Crippen LogP contribution in [0, 0.1) is 11.7 Å². The van der Waals surface area contributed by atoms with Crippen LogP contribution in [0.1, 0.15) is 23.2 Å². The maximum absolute atomic E-state index is 13.6. The molecule has 1 aliphatic heterocycles. The highest BCUT2D eigenvalue weighted by Gasteiger charge is 2.25. The second-order valence-electron chi connectivity index (χ2n) is 4.82. The molecule has 0 unspecified atom stereocenters. The van der Waals surface area contributed by atoms with Crippen molar-refractivity contribution >= 4 is 23.1 Å². The van der Waals surface area contributed by atoms with Gasteiger partial charge in [-0.15, -0.1) is 0 Å². The molecule has 1 heterocycles. The van der Waals surface area contributed by atoms with E-state index in [4.69, 9.17) is 22.7 Å². The summed E-state index contributed by atoms with van der Waals surface area (Å²) in [5.74, 6) is -0.375. The number of rotatable bonds is 3. The zero-order valence-corrected chi connectivity index (χ0v) is 12.1. The monoisotopic (exact) mass is 296 g/mol. The average molecular weight is 296 g/mol. The Bertz CT molecular complexity index is 528. The van der Waals surface area contributed by atoms with E-state index < -0.39 is 5.82 Å². The predicted molar refractivity (Wildman–Crippen MR) is 78.4 cm³/mol. The zero-order valence-electron chi connectivity index (χ0n) is 11.3. The van der Waals surface area contributed by atoms with Crippen molar-refractivity contribution in [2.24, 2.45) is 11.7 Å². The molecule has 0 saturated carbocycles. The van der Waals surface area contributed by atoms with Gasteiger partial charge in [0.15, 0.2) is 11.6 Å². The molecule has 108 valence electrons. The topological polar surface area (TPSA) is 55.6 Å². The molecule has 1 aromatic carbocycles. The summed E-state index contributed by atoms with van der Waals surface area (Å²) >= 11 is 4.97. The first-order valence-electron chi connectivity index (χ1n) is 6.45. The predicted octanol–water partition coefficient (Wildman–Crippen LogP) is 1.97. The Morgan fingerprint density at radius 1 is 1.45 bits per heavy atom. The van der Waals surface area contributed by atoms with Crippen molar-refractivity contribution in [3.63, 3.8) is 0 Å². The molecule has 1 amide bonds. The van der Waals surface area contributed by atoms with Gasteiger partial charge in [0.2, 0.25) is 0 Å². The number of benzene rings is 1. The number of methoxy groups -OCH3 is 1. The van der Waals surface area contributed by atoms with Gasteiger partial charge in [-0.25, -0.2) is 4.39 Å². The molecule has 20 heavy (non-hydrogen) atoms. The number of nitrogens with two attached hydrogens (primary N) is 1. The lowest BCUT2D eigenvalue weighted by atomic mass is 9.96. The van der Waals surface area contributed by atoms with E-state index in [1.54, 1.807) is 11.0 Å². The van der Waals surface area contributed by atoms with Gasteiger partial charge in [-0.3, -0.25) is 4.79 Å². The highest BCUT2D eigenvalue weighted by Crippen LogP contribution is 2.22. The van der Waals surface area contributed by atoms with Crippen LogP contribution in [0.15, 0.2) is 18.2 Å². The number of halogens is 1. The van der Waals surface area contributed by atoms with Gasteiger partial charge in [-0.1, -0.05) is 12.2 Å². The number of thiocarbonyl (C=S) groups is 1. The van der Waals surface area contributed by atoms with E-state index in [9.17, 15) is 9.18 Å². The number of piperidine rings is 1. The molecule has 1 aliphatic rings. The highest BCUT2D eigenvalue weighted by atomic mass is 32.1. The van der Waals surface area contributed by atoms with Gasteiger partial charge >= 0.3 is 0 Å². The molecule has 4 nitrogen and oxygen atoms in total. The first-order chi connectivity index (χ1) is 9.52. The largest absolute Gasteiger partial charge is 0.494 e. The van der Waals surface area contributed by atoms with Crippen LogP contribution in [0.25, 0.3) is 0 Å². The number of amides is 1. The van der Waals surface area contributed by atoms with Crippen molar-refractivity contribution in [1.82, 2.24) is 4.90 Å². The Labute approximate surface area is 122 Å². The molecule has 0 radical (unpaired) electrons. The molecule has 0 aromatic heterocycles. The highest BCUT2D eigenvalue weighted by molar-refractivity contribution is 7.80. The minimum Gasteiger partial charge on any atom is -0.494 e. The van der Waals surface area contributed by atoms with Crippen LogP contribution in [-0.2, 0) is 0 Å². The fraction of sp³-hybridized carbons (Fsp3) is 0.429. The summed E-state index contributed by atoms with van der Waals surface area (Å²) in [5, 5.41) is 0. The Hall–Kier alpha value is -1.69. The van der Waals surface area contributed by atoms with Crippen LogP contribution >= 0.6 is 12.2 Å². The van der Waals surface area contributed by atoms with Crippen LogP contribution in [-0.4, -0.2) is 36.0 Å². The Morgan fingerprint density at radius 2 is 2.10 bits per heavy atom. The normalized spacial score (nSPS) is 16.0. The quantitative estimate of drug-likeness (QED) is 0.867. The third-order valence-electron chi connectivity index (χ3n) is 3.58. The minimum absolute atomic E-state index is 0.133. The Morgan fingerprint density at radius 3 is 2.60 bits per heavy atom. The molecule has 0 spiro atoms. The molecule has 1 saturated heterocycles. The molecular formula is C14H17FN2O2S. The maximum Gasteiger partial charge on any atom is 0.253 e. The van der Waals surface area contributed by atoms with Crippen molar-refractivity contribution in [1.29, 1.82) is 0 Å². The molecule has 0 aliphatic carbocycles. The second kappa shape index (κ2) is 6.17. The van der Waals surface area contributed by atoms with Gasteiger partial charge in [0.1, 0.15) is 0 Å². The molecule has 6 heteroatoms. The van der Waals surface area contributed by atoms with E-state index in [0.717, 1.165) is 12.8 Å². The van der Waals surface area contributed by atoms with Crippen molar-refractivity contribution in [2.45, 2.75) is 12.8 Å². The molecule has 1 aromatic rings. The van der Waals surface area contributed by atoms with E-state index in [0.29, 0.717) is 23.6 Å². The second-order valence-corrected chi connectivity index (χ2v) is 5.29. The van der Waals surface area contributed by atoms with Crippen LogP contribution in [0.2, 0.25) is 0 Å². The molecule has 1 fully saturated rings. The Kier molecular flexibility index (Phi) is 4.54. The molecule has 2 rings (SSSR count). The van der Waals surface area contributed by atoms with Crippen LogP contribution in [0.4, 0.5) is 4.39 Å². The van der Waals surface area contributed by atoms with Crippen molar-refractivity contribution < 1.29 is 13.9 Å².